The van der Waals surface area contributed by atoms with Gasteiger partial charge in [-0.2, -0.15) is 0 Å². The molecule has 2 unspecified atom stereocenters. The van der Waals surface area contributed by atoms with E-state index in [1.165, 1.54) is 0 Å². The van der Waals surface area contributed by atoms with Gasteiger partial charge in [0.05, 0.1) is 19.3 Å². The molecule has 26 heavy (non-hydrogen) atoms. The molecule has 0 fully saturated rings. The van der Waals surface area contributed by atoms with Gasteiger partial charge in [-0.05, 0) is 41.0 Å². The van der Waals surface area contributed by atoms with Crippen LogP contribution in [0.4, 0.5) is 5.69 Å². The van der Waals surface area contributed by atoms with Crippen LogP contribution >= 0.6 is 0 Å². The minimum atomic E-state index is -0.585. The molecule has 0 aromatic heterocycles. The fourth-order valence-corrected chi connectivity index (χ4v) is 2.99. The molecule has 3 aromatic rings. The molecule has 4 nitrogen and oxygen atoms in total. The Morgan fingerprint density at radius 1 is 0.885 bits per heavy atom. The van der Waals surface area contributed by atoms with Crippen LogP contribution in [0.5, 0.6) is 5.75 Å². The molecule has 4 N–H and O–H groups in total. The van der Waals surface area contributed by atoms with E-state index in [4.69, 9.17) is 10.5 Å². The SMILES string of the molecule is COc1ccc(C(NCC(O)c2ccccc2)c2cccc(N)c2)cc1. The van der Waals surface area contributed by atoms with Gasteiger partial charge in [-0.25, -0.2) is 0 Å². The number of aliphatic hydroxyl groups excluding tert-OH is 1. The summed E-state index contributed by atoms with van der Waals surface area (Å²) in [4.78, 5) is 0. The minimum absolute atomic E-state index is 0.0808. The molecule has 3 rings (SSSR count). The van der Waals surface area contributed by atoms with Gasteiger partial charge in [-0.15, -0.1) is 0 Å². The summed E-state index contributed by atoms with van der Waals surface area (Å²) in [7, 11) is 1.65. The largest absolute Gasteiger partial charge is 0.497 e. The number of benzene rings is 3. The molecule has 134 valence electrons. The summed E-state index contributed by atoms with van der Waals surface area (Å²) in [5.74, 6) is 0.810. The Kier molecular flexibility index (Phi) is 5.89. The number of ether oxygens (including phenoxy) is 1. The Bertz CT molecular complexity index is 819. The molecule has 2 atom stereocenters. The van der Waals surface area contributed by atoms with Crippen molar-refractivity contribution in [2.24, 2.45) is 0 Å². The van der Waals surface area contributed by atoms with E-state index in [9.17, 15) is 5.11 Å². The zero-order chi connectivity index (χ0) is 18.4. The number of aliphatic hydroxyl groups is 1. The molecule has 0 saturated heterocycles. The highest BCUT2D eigenvalue weighted by molar-refractivity contribution is 5.45. The highest BCUT2D eigenvalue weighted by atomic mass is 16.5. The van der Waals surface area contributed by atoms with Crippen LogP contribution < -0.4 is 15.8 Å². The highest BCUT2D eigenvalue weighted by Crippen LogP contribution is 2.26. The Hall–Kier alpha value is -2.82. The topological polar surface area (TPSA) is 67.5 Å². The average molecular weight is 348 g/mol. The summed E-state index contributed by atoms with van der Waals surface area (Å²) in [5.41, 5.74) is 9.71. The lowest BCUT2D eigenvalue weighted by molar-refractivity contribution is 0.172. The third-order valence-corrected chi connectivity index (χ3v) is 4.39. The molecular formula is C22H24N2O2. The van der Waals surface area contributed by atoms with Crippen molar-refractivity contribution in [1.82, 2.24) is 5.32 Å². The molecule has 0 radical (unpaired) electrons. The third-order valence-electron chi connectivity index (χ3n) is 4.39. The maximum absolute atomic E-state index is 10.5. The second kappa shape index (κ2) is 8.52. The Labute approximate surface area is 154 Å². The molecule has 0 spiro atoms. The van der Waals surface area contributed by atoms with E-state index < -0.39 is 6.10 Å². The first kappa shape index (κ1) is 18.0. The van der Waals surface area contributed by atoms with Crippen molar-refractivity contribution < 1.29 is 9.84 Å². The fraction of sp³-hybridized carbons (Fsp3) is 0.182. The quantitative estimate of drug-likeness (QED) is 0.570. The molecule has 3 aromatic carbocycles. The van der Waals surface area contributed by atoms with Crippen LogP contribution in [0.15, 0.2) is 78.9 Å². The van der Waals surface area contributed by atoms with E-state index in [2.05, 4.69) is 5.32 Å². The smallest absolute Gasteiger partial charge is 0.118 e. The van der Waals surface area contributed by atoms with Gasteiger partial charge >= 0.3 is 0 Å². The predicted octanol–water partition coefficient (Wildman–Crippen LogP) is 3.69. The second-order valence-electron chi connectivity index (χ2n) is 6.21. The molecule has 0 saturated carbocycles. The average Bonchev–Trinajstić information content (AvgIpc) is 2.69. The Balaban J connectivity index is 1.83. The molecule has 0 bridgehead atoms. The van der Waals surface area contributed by atoms with Crippen molar-refractivity contribution in [2.75, 3.05) is 19.4 Å². The molecule has 0 heterocycles. The minimum Gasteiger partial charge on any atom is -0.497 e. The van der Waals surface area contributed by atoms with Gasteiger partial charge in [-0.3, -0.25) is 0 Å². The number of rotatable bonds is 7. The number of methoxy groups -OCH3 is 1. The van der Waals surface area contributed by atoms with Crippen molar-refractivity contribution in [1.29, 1.82) is 0 Å². The normalized spacial score (nSPS) is 13.2. The van der Waals surface area contributed by atoms with Gasteiger partial charge < -0.3 is 20.9 Å². The number of anilines is 1. The molecule has 0 aliphatic rings. The second-order valence-corrected chi connectivity index (χ2v) is 6.21. The van der Waals surface area contributed by atoms with Crippen molar-refractivity contribution in [3.05, 3.63) is 95.6 Å². The summed E-state index contributed by atoms with van der Waals surface area (Å²) in [6, 6.07) is 25.3. The Morgan fingerprint density at radius 3 is 2.23 bits per heavy atom. The molecule has 4 heteroatoms. The van der Waals surface area contributed by atoms with Crippen LogP contribution in [0.3, 0.4) is 0 Å². The number of nitrogens with two attached hydrogens (primary N) is 1. The predicted molar refractivity (Wildman–Crippen MR) is 105 cm³/mol. The first-order chi connectivity index (χ1) is 12.7. The standard InChI is InChI=1S/C22H24N2O2/c1-26-20-12-10-17(11-13-20)22(18-8-5-9-19(23)14-18)24-15-21(25)16-6-3-2-4-7-16/h2-14,21-22,24-25H,15,23H2,1H3. The number of nitrogens with one attached hydrogen (secondary N) is 1. The van der Waals surface area contributed by atoms with Gasteiger partial charge in [0.25, 0.3) is 0 Å². The maximum atomic E-state index is 10.5. The zero-order valence-corrected chi connectivity index (χ0v) is 14.8. The van der Waals surface area contributed by atoms with Crippen molar-refractivity contribution in [3.63, 3.8) is 0 Å². The summed E-state index contributed by atoms with van der Waals surface area (Å²) >= 11 is 0. The van der Waals surface area contributed by atoms with Gasteiger partial charge in [-0.1, -0.05) is 54.6 Å². The van der Waals surface area contributed by atoms with Crippen LogP contribution in [0.2, 0.25) is 0 Å². The molecule has 0 aliphatic carbocycles. The van der Waals surface area contributed by atoms with Crippen LogP contribution in [0.1, 0.15) is 28.8 Å². The third kappa shape index (κ3) is 4.42. The summed E-state index contributed by atoms with van der Waals surface area (Å²) in [6.45, 7) is 0.426. The monoisotopic (exact) mass is 348 g/mol. The number of hydrogen-bond acceptors (Lipinski definition) is 4. The van der Waals surface area contributed by atoms with Gasteiger partial charge in [0.1, 0.15) is 5.75 Å². The van der Waals surface area contributed by atoms with Gasteiger partial charge in [0.2, 0.25) is 0 Å². The fourth-order valence-electron chi connectivity index (χ4n) is 2.99. The lowest BCUT2D eigenvalue weighted by atomic mass is 9.97. The zero-order valence-electron chi connectivity index (χ0n) is 14.8. The maximum Gasteiger partial charge on any atom is 0.118 e. The lowest BCUT2D eigenvalue weighted by Gasteiger charge is -2.22. The van der Waals surface area contributed by atoms with Crippen molar-refractivity contribution >= 4 is 5.69 Å². The number of hydrogen-bond donors (Lipinski definition) is 3. The summed E-state index contributed by atoms with van der Waals surface area (Å²) in [5, 5.41) is 14.0. The molecule has 0 aliphatic heterocycles. The van der Waals surface area contributed by atoms with E-state index in [0.717, 1.165) is 22.4 Å². The number of nitrogen functional groups attached to an aromatic ring is 1. The van der Waals surface area contributed by atoms with Crippen LogP contribution in [0.25, 0.3) is 0 Å². The summed E-state index contributed by atoms with van der Waals surface area (Å²) in [6.07, 6.45) is -0.585. The van der Waals surface area contributed by atoms with E-state index >= 15 is 0 Å². The van der Waals surface area contributed by atoms with E-state index in [1.807, 2.05) is 78.9 Å². The lowest BCUT2D eigenvalue weighted by Crippen LogP contribution is -2.27. The van der Waals surface area contributed by atoms with E-state index in [-0.39, 0.29) is 6.04 Å². The summed E-state index contributed by atoms with van der Waals surface area (Å²) < 4.78 is 5.25. The van der Waals surface area contributed by atoms with Crippen LogP contribution in [-0.2, 0) is 0 Å². The molecular weight excluding hydrogens is 324 g/mol. The van der Waals surface area contributed by atoms with Crippen molar-refractivity contribution in [3.8, 4) is 5.75 Å². The highest BCUT2D eigenvalue weighted by Gasteiger charge is 2.16. The van der Waals surface area contributed by atoms with E-state index in [1.54, 1.807) is 7.11 Å². The van der Waals surface area contributed by atoms with E-state index in [0.29, 0.717) is 12.2 Å². The van der Waals surface area contributed by atoms with Crippen LogP contribution in [0, 0.1) is 0 Å². The van der Waals surface area contributed by atoms with Gasteiger partial charge in [0.15, 0.2) is 0 Å². The molecule has 0 amide bonds. The first-order valence-corrected chi connectivity index (χ1v) is 8.63. The van der Waals surface area contributed by atoms with Crippen LogP contribution in [-0.4, -0.2) is 18.8 Å². The first-order valence-electron chi connectivity index (χ1n) is 8.63. The van der Waals surface area contributed by atoms with Gasteiger partial charge in [0, 0.05) is 12.2 Å². The Morgan fingerprint density at radius 2 is 1.58 bits per heavy atom. The van der Waals surface area contributed by atoms with Crippen molar-refractivity contribution in [2.45, 2.75) is 12.1 Å².